The summed E-state index contributed by atoms with van der Waals surface area (Å²) < 4.78 is 32.2. The number of amides is 1. The Morgan fingerprint density at radius 2 is 1.60 bits per heavy atom. The lowest BCUT2D eigenvalue weighted by atomic mass is 9.80. The number of esters is 1. The summed E-state index contributed by atoms with van der Waals surface area (Å²) in [5, 5.41) is 16.1. The number of terminal acetylenes is 1. The van der Waals surface area contributed by atoms with E-state index < -0.39 is 42.3 Å². The van der Waals surface area contributed by atoms with E-state index in [1.807, 2.05) is 13.8 Å². The number of nitrogens with one attached hydrogen (secondary N) is 2. The van der Waals surface area contributed by atoms with Gasteiger partial charge in [-0.2, -0.15) is 0 Å². The van der Waals surface area contributed by atoms with Gasteiger partial charge in [0.25, 0.3) is 0 Å². The van der Waals surface area contributed by atoms with Gasteiger partial charge in [-0.05, 0) is 19.3 Å². The number of aliphatic imine (C=N–C) groups is 1. The fourth-order valence-electron chi connectivity index (χ4n) is 5.17. The third-order valence-corrected chi connectivity index (χ3v) is 7.00. The van der Waals surface area contributed by atoms with E-state index >= 15 is 0 Å². The third kappa shape index (κ3) is 14.0. The van der Waals surface area contributed by atoms with Gasteiger partial charge in [-0.1, -0.05) is 32.6 Å². The maximum atomic E-state index is 12.8. The number of aliphatic hydroxyl groups is 1. The van der Waals surface area contributed by atoms with Crippen LogP contribution in [0.3, 0.4) is 0 Å². The number of carbonyl (C=O) groups is 2. The second kappa shape index (κ2) is 21.9. The van der Waals surface area contributed by atoms with Crippen molar-refractivity contribution in [3.63, 3.8) is 0 Å². The maximum Gasteiger partial charge on any atom is 0.407 e. The van der Waals surface area contributed by atoms with E-state index in [0.29, 0.717) is 39.6 Å². The van der Waals surface area contributed by atoms with Gasteiger partial charge >= 0.3 is 12.1 Å². The summed E-state index contributed by atoms with van der Waals surface area (Å²) >= 11 is 0. The van der Waals surface area contributed by atoms with Crippen LogP contribution in [0.4, 0.5) is 4.79 Å². The molecule has 14 nitrogen and oxygen atoms in total. The van der Waals surface area contributed by atoms with Gasteiger partial charge in [-0.15, -0.1) is 6.42 Å². The minimum Gasteiger partial charge on any atom is -0.469 e. The molecule has 0 aromatic rings. The van der Waals surface area contributed by atoms with Crippen molar-refractivity contribution in [3.05, 3.63) is 0 Å². The normalized spacial score (nSPS) is 21.4. The molecule has 242 valence electrons. The average molecular weight is 602 g/mol. The zero-order valence-electron chi connectivity index (χ0n) is 25.4. The maximum absolute atomic E-state index is 12.8. The number of hydrogen-bond donors (Lipinski definition) is 5. The second-order valence-electron chi connectivity index (χ2n) is 9.90. The second-order valence-corrected chi connectivity index (χ2v) is 9.90. The number of guanidine groups is 1. The molecular formula is C28H51N5O9. The Bertz CT molecular complexity index is 831. The van der Waals surface area contributed by atoms with Crippen molar-refractivity contribution in [1.29, 1.82) is 0 Å². The van der Waals surface area contributed by atoms with E-state index in [4.69, 9.17) is 46.3 Å². The summed E-state index contributed by atoms with van der Waals surface area (Å²) in [6.45, 7) is 8.76. The molecule has 0 aromatic heterocycles. The number of aliphatic hydroxyl groups excluding tert-OH is 1. The number of ether oxygens (including phenoxy) is 6. The van der Waals surface area contributed by atoms with Crippen molar-refractivity contribution in [2.24, 2.45) is 34.2 Å². The first-order chi connectivity index (χ1) is 20.2. The first-order valence-electron chi connectivity index (χ1n) is 14.5. The summed E-state index contributed by atoms with van der Waals surface area (Å²) in [5.41, 5.74) is 11.5. The Morgan fingerprint density at radius 1 is 1.02 bits per heavy atom. The molecule has 0 bridgehead atoms. The lowest BCUT2D eigenvalue weighted by Gasteiger charge is -2.37. The zero-order chi connectivity index (χ0) is 31.3. The summed E-state index contributed by atoms with van der Waals surface area (Å²) in [6.07, 6.45) is 4.41. The molecule has 1 aliphatic rings. The zero-order valence-corrected chi connectivity index (χ0v) is 25.4. The molecule has 1 fully saturated rings. The Morgan fingerprint density at radius 3 is 2.10 bits per heavy atom. The highest BCUT2D eigenvalue weighted by atomic mass is 16.6. The third-order valence-electron chi connectivity index (χ3n) is 7.00. The molecule has 6 atom stereocenters. The Kier molecular flexibility index (Phi) is 19.5. The van der Waals surface area contributed by atoms with Crippen molar-refractivity contribution in [2.45, 2.75) is 64.4 Å². The Hall–Kier alpha value is -2.67. The monoisotopic (exact) mass is 601 g/mol. The van der Waals surface area contributed by atoms with E-state index in [-0.39, 0.29) is 44.1 Å². The molecule has 0 aliphatic heterocycles. The minimum absolute atomic E-state index is 0.0851. The molecule has 42 heavy (non-hydrogen) atoms. The van der Waals surface area contributed by atoms with Gasteiger partial charge in [0, 0.05) is 18.5 Å². The molecule has 0 saturated heterocycles. The summed E-state index contributed by atoms with van der Waals surface area (Å²) in [5.74, 6) is 0.495. The van der Waals surface area contributed by atoms with Crippen LogP contribution >= 0.6 is 0 Å². The minimum atomic E-state index is -0.900. The van der Waals surface area contributed by atoms with Gasteiger partial charge in [-0.25, -0.2) is 9.79 Å². The van der Waals surface area contributed by atoms with Crippen LogP contribution in [0.5, 0.6) is 0 Å². The van der Waals surface area contributed by atoms with Gasteiger partial charge in [0.2, 0.25) is 0 Å². The molecule has 1 saturated carbocycles. The molecule has 1 rings (SSSR count). The highest BCUT2D eigenvalue weighted by molar-refractivity contribution is 5.77. The van der Waals surface area contributed by atoms with Crippen LogP contribution in [0.15, 0.2) is 4.99 Å². The van der Waals surface area contributed by atoms with Gasteiger partial charge < -0.3 is 50.3 Å². The summed E-state index contributed by atoms with van der Waals surface area (Å²) in [4.78, 5) is 30.0. The predicted octanol–water partition coefficient (Wildman–Crippen LogP) is -0.0354. The smallest absolute Gasteiger partial charge is 0.407 e. The summed E-state index contributed by atoms with van der Waals surface area (Å²) in [7, 11) is 1.28. The largest absolute Gasteiger partial charge is 0.469 e. The number of rotatable bonds is 22. The lowest BCUT2D eigenvalue weighted by Crippen LogP contribution is -2.53. The molecule has 1 amide bonds. The number of alkyl carbamates (subject to hydrolysis) is 1. The molecule has 1 unspecified atom stereocenters. The van der Waals surface area contributed by atoms with Gasteiger partial charge in [0.1, 0.15) is 18.9 Å². The number of carbonyl (C=O) groups excluding carboxylic acids is 2. The van der Waals surface area contributed by atoms with Crippen molar-refractivity contribution >= 4 is 18.0 Å². The fraction of sp³-hybridized carbons (Fsp3) is 0.821. The fourth-order valence-corrected chi connectivity index (χ4v) is 5.17. The van der Waals surface area contributed by atoms with Gasteiger partial charge in [0.05, 0.1) is 65.3 Å². The summed E-state index contributed by atoms with van der Waals surface area (Å²) in [6, 6.07) is -0.889. The van der Waals surface area contributed by atoms with Crippen LogP contribution in [0.25, 0.3) is 0 Å². The highest BCUT2D eigenvalue weighted by Crippen LogP contribution is 2.42. The van der Waals surface area contributed by atoms with Crippen molar-refractivity contribution in [3.8, 4) is 12.3 Å². The lowest BCUT2D eigenvalue weighted by molar-refractivity contribution is -0.149. The standard InChI is InChI=1S/C28H51N5O9/c1-6-10-38-12-14-40-16-17-41-15-13-39-11-9-31-28(36)42-25-21(26(35)37-5)18-22(33-27(29)30)23(25)24(32-19(4)34)20(7-2)8-3/h1,19-25,32,34H,7-18H2,2-5H3,(H,31,36)(H4,29,30,33)/t19?,21-,22+,23+,24-,25+/m0/s1. The van der Waals surface area contributed by atoms with Gasteiger partial charge in [0.15, 0.2) is 5.96 Å². The van der Waals surface area contributed by atoms with Crippen LogP contribution in [0.1, 0.15) is 40.0 Å². The average Bonchev–Trinajstić information content (AvgIpc) is 3.28. The number of nitrogens with zero attached hydrogens (tertiary/aromatic N) is 1. The van der Waals surface area contributed by atoms with Crippen LogP contribution in [0, 0.1) is 30.1 Å². The molecule has 0 spiro atoms. The van der Waals surface area contributed by atoms with Gasteiger partial charge in [-0.3, -0.25) is 10.1 Å². The first-order valence-corrected chi connectivity index (χ1v) is 14.5. The van der Waals surface area contributed by atoms with Crippen molar-refractivity contribution in [1.82, 2.24) is 10.6 Å². The van der Waals surface area contributed by atoms with Crippen molar-refractivity contribution < 1.29 is 43.1 Å². The number of methoxy groups -OCH3 is 1. The van der Waals surface area contributed by atoms with Crippen LogP contribution in [-0.2, 0) is 33.2 Å². The Balaban J connectivity index is 2.68. The van der Waals surface area contributed by atoms with Crippen LogP contribution in [0.2, 0.25) is 0 Å². The first kappa shape index (κ1) is 37.4. The van der Waals surface area contributed by atoms with Crippen molar-refractivity contribution in [2.75, 3.05) is 66.5 Å². The SMILES string of the molecule is C#CCOCCOCCOCCOCCNC(=O)O[C@H]1[C@@H]([C@@H](NC(C)O)C(CC)CC)[C@H](N=C(N)N)C[C@@H]1C(=O)OC. The molecular weight excluding hydrogens is 550 g/mol. The highest BCUT2D eigenvalue weighted by Gasteiger charge is 2.53. The van der Waals surface area contributed by atoms with Crippen LogP contribution < -0.4 is 22.1 Å². The molecule has 0 aromatic carbocycles. The van der Waals surface area contributed by atoms with Crippen LogP contribution in [-0.4, -0.2) is 114 Å². The molecule has 1 aliphatic carbocycles. The van der Waals surface area contributed by atoms with E-state index in [1.165, 1.54) is 7.11 Å². The number of hydrogen-bond acceptors (Lipinski definition) is 11. The predicted molar refractivity (Wildman–Crippen MR) is 156 cm³/mol. The van der Waals surface area contributed by atoms with E-state index in [2.05, 4.69) is 21.5 Å². The topological polar surface area (TPSA) is 198 Å². The molecule has 7 N–H and O–H groups in total. The van der Waals surface area contributed by atoms with E-state index in [1.54, 1.807) is 6.92 Å². The quantitative estimate of drug-likeness (QED) is 0.0278. The van der Waals surface area contributed by atoms with E-state index in [0.717, 1.165) is 12.8 Å². The molecule has 0 heterocycles. The van der Waals surface area contributed by atoms with E-state index in [9.17, 15) is 14.7 Å². The number of nitrogens with two attached hydrogens (primary N) is 2. The molecule has 0 radical (unpaired) electrons. The Labute approximate surface area is 249 Å². The molecule has 14 heteroatoms.